The largest absolute Gasteiger partial charge is 0.508 e. The topological polar surface area (TPSA) is 33.1 Å². The Balaban J connectivity index is 2.03. The maximum absolute atomic E-state index is 9.43. The van der Waals surface area contributed by atoms with Gasteiger partial charge in [0.25, 0.3) is 0 Å². The Bertz CT molecular complexity index is 500. The lowest BCUT2D eigenvalue weighted by Crippen LogP contribution is -2.04. The molecule has 0 bridgehead atoms. The third-order valence-electron chi connectivity index (χ3n) is 3.48. The van der Waals surface area contributed by atoms with Crippen LogP contribution in [-0.2, 0) is 0 Å². The molecule has 1 aromatic heterocycles. The van der Waals surface area contributed by atoms with Crippen molar-refractivity contribution in [3.8, 4) is 5.75 Å². The molecule has 0 amide bonds. The Morgan fingerprint density at radius 1 is 1.19 bits per heavy atom. The van der Waals surface area contributed by atoms with Crippen molar-refractivity contribution in [3.63, 3.8) is 0 Å². The van der Waals surface area contributed by atoms with Crippen LogP contribution in [0.5, 0.6) is 5.75 Å². The SMILES string of the molecule is Oc1ccc2c(C3CCCCC3)nsc2c1. The van der Waals surface area contributed by atoms with E-state index in [1.165, 1.54) is 54.7 Å². The molecule has 3 heteroatoms. The molecule has 1 N–H and O–H groups in total. The number of aromatic nitrogens is 1. The lowest BCUT2D eigenvalue weighted by atomic mass is 9.86. The Kier molecular flexibility index (Phi) is 2.56. The highest BCUT2D eigenvalue weighted by molar-refractivity contribution is 7.13. The van der Waals surface area contributed by atoms with Gasteiger partial charge in [-0.2, -0.15) is 4.37 Å². The molecule has 0 aliphatic heterocycles. The highest BCUT2D eigenvalue weighted by Crippen LogP contribution is 2.37. The Morgan fingerprint density at radius 2 is 2.00 bits per heavy atom. The summed E-state index contributed by atoms with van der Waals surface area (Å²) < 4.78 is 5.70. The third kappa shape index (κ3) is 1.69. The summed E-state index contributed by atoms with van der Waals surface area (Å²) in [5, 5.41) is 10.7. The van der Waals surface area contributed by atoms with Crippen molar-refractivity contribution < 1.29 is 5.11 Å². The number of rotatable bonds is 1. The summed E-state index contributed by atoms with van der Waals surface area (Å²) in [7, 11) is 0. The van der Waals surface area contributed by atoms with Gasteiger partial charge in [-0.25, -0.2) is 0 Å². The van der Waals surface area contributed by atoms with Crippen LogP contribution in [0.25, 0.3) is 10.1 Å². The summed E-state index contributed by atoms with van der Waals surface area (Å²) in [6.07, 6.45) is 6.60. The fraction of sp³-hybridized carbons (Fsp3) is 0.462. The third-order valence-corrected chi connectivity index (χ3v) is 4.30. The van der Waals surface area contributed by atoms with Gasteiger partial charge in [0.15, 0.2) is 0 Å². The van der Waals surface area contributed by atoms with Gasteiger partial charge in [-0.15, -0.1) is 0 Å². The van der Waals surface area contributed by atoms with E-state index in [-0.39, 0.29) is 0 Å². The number of hydrogen-bond acceptors (Lipinski definition) is 3. The number of benzene rings is 1. The number of phenols is 1. The summed E-state index contributed by atoms with van der Waals surface area (Å²) in [5.41, 5.74) is 1.26. The Labute approximate surface area is 99.1 Å². The Morgan fingerprint density at radius 3 is 2.81 bits per heavy atom. The van der Waals surface area contributed by atoms with Crippen LogP contribution in [0.1, 0.15) is 43.7 Å². The average molecular weight is 233 g/mol. The maximum Gasteiger partial charge on any atom is 0.117 e. The first-order chi connectivity index (χ1) is 7.84. The second kappa shape index (κ2) is 4.06. The van der Waals surface area contributed by atoms with Crippen LogP contribution in [0.4, 0.5) is 0 Å². The van der Waals surface area contributed by atoms with Crippen molar-refractivity contribution >= 4 is 21.6 Å². The molecule has 1 aliphatic rings. The monoisotopic (exact) mass is 233 g/mol. The smallest absolute Gasteiger partial charge is 0.117 e. The van der Waals surface area contributed by atoms with Crippen molar-refractivity contribution in [1.82, 2.24) is 4.37 Å². The molecule has 2 aromatic rings. The van der Waals surface area contributed by atoms with E-state index in [4.69, 9.17) is 0 Å². The van der Waals surface area contributed by atoms with Gasteiger partial charge >= 0.3 is 0 Å². The van der Waals surface area contributed by atoms with Crippen LogP contribution in [0.3, 0.4) is 0 Å². The zero-order chi connectivity index (χ0) is 11.0. The van der Waals surface area contributed by atoms with E-state index in [1.807, 2.05) is 12.1 Å². The predicted molar refractivity (Wildman–Crippen MR) is 67.1 cm³/mol. The first kappa shape index (κ1) is 10.1. The molecule has 0 spiro atoms. The van der Waals surface area contributed by atoms with E-state index in [2.05, 4.69) is 4.37 Å². The molecular weight excluding hydrogens is 218 g/mol. The van der Waals surface area contributed by atoms with Gasteiger partial charge in [0.1, 0.15) is 5.75 Å². The lowest BCUT2D eigenvalue weighted by molar-refractivity contribution is 0.440. The van der Waals surface area contributed by atoms with Crippen LogP contribution >= 0.6 is 11.5 Å². The minimum Gasteiger partial charge on any atom is -0.508 e. The summed E-state index contributed by atoms with van der Waals surface area (Å²) >= 11 is 1.51. The minimum atomic E-state index is 0.339. The van der Waals surface area contributed by atoms with E-state index < -0.39 is 0 Å². The fourth-order valence-electron chi connectivity index (χ4n) is 2.62. The maximum atomic E-state index is 9.43. The molecule has 1 fully saturated rings. The van der Waals surface area contributed by atoms with Crippen LogP contribution in [0.2, 0.25) is 0 Å². The van der Waals surface area contributed by atoms with E-state index in [0.717, 1.165) is 4.70 Å². The molecule has 16 heavy (non-hydrogen) atoms. The van der Waals surface area contributed by atoms with Crippen molar-refractivity contribution in [2.24, 2.45) is 0 Å². The van der Waals surface area contributed by atoms with E-state index in [1.54, 1.807) is 6.07 Å². The second-order valence-electron chi connectivity index (χ2n) is 4.58. The van der Waals surface area contributed by atoms with Crippen molar-refractivity contribution in [1.29, 1.82) is 0 Å². The first-order valence-corrected chi connectivity index (χ1v) is 6.70. The van der Waals surface area contributed by atoms with Crippen LogP contribution in [0, 0.1) is 0 Å². The molecule has 3 rings (SSSR count). The van der Waals surface area contributed by atoms with Crippen molar-refractivity contribution in [2.45, 2.75) is 38.0 Å². The molecular formula is C13H15NOS. The quantitative estimate of drug-likeness (QED) is 0.806. The van der Waals surface area contributed by atoms with E-state index >= 15 is 0 Å². The van der Waals surface area contributed by atoms with Gasteiger partial charge < -0.3 is 5.11 Å². The first-order valence-electron chi connectivity index (χ1n) is 5.93. The standard InChI is InChI=1S/C13H15NOS/c15-10-6-7-11-12(8-10)16-14-13(11)9-4-2-1-3-5-9/h6-9,15H,1-5H2. The Hall–Kier alpha value is -1.09. The number of hydrogen-bond donors (Lipinski definition) is 1. The molecule has 1 saturated carbocycles. The number of phenolic OH excluding ortho intramolecular Hbond substituents is 1. The molecule has 0 atom stereocenters. The summed E-state index contributed by atoms with van der Waals surface area (Å²) in [6, 6.07) is 5.60. The molecule has 2 nitrogen and oxygen atoms in total. The summed E-state index contributed by atoms with van der Waals surface area (Å²) in [6.45, 7) is 0. The molecule has 0 unspecified atom stereocenters. The van der Waals surface area contributed by atoms with Crippen LogP contribution < -0.4 is 0 Å². The number of fused-ring (bicyclic) bond motifs is 1. The normalized spacial score (nSPS) is 18.0. The average Bonchev–Trinajstić information content (AvgIpc) is 2.73. The molecule has 84 valence electrons. The minimum absolute atomic E-state index is 0.339. The predicted octanol–water partition coefficient (Wildman–Crippen LogP) is 4.05. The number of nitrogens with zero attached hydrogens (tertiary/aromatic N) is 1. The van der Waals surface area contributed by atoms with Crippen molar-refractivity contribution in [2.75, 3.05) is 0 Å². The summed E-state index contributed by atoms with van der Waals surface area (Å²) in [4.78, 5) is 0. The second-order valence-corrected chi connectivity index (χ2v) is 5.39. The molecule has 1 heterocycles. The molecule has 1 aliphatic carbocycles. The van der Waals surface area contributed by atoms with E-state index in [0.29, 0.717) is 11.7 Å². The van der Waals surface area contributed by atoms with Gasteiger partial charge in [0.05, 0.1) is 10.4 Å². The van der Waals surface area contributed by atoms with Crippen LogP contribution in [-0.4, -0.2) is 9.48 Å². The van der Waals surface area contributed by atoms with Gasteiger partial charge in [0.2, 0.25) is 0 Å². The van der Waals surface area contributed by atoms with Gasteiger partial charge in [-0.1, -0.05) is 19.3 Å². The number of aromatic hydroxyl groups is 1. The van der Waals surface area contributed by atoms with Crippen molar-refractivity contribution in [3.05, 3.63) is 23.9 Å². The fourth-order valence-corrected chi connectivity index (χ4v) is 3.50. The van der Waals surface area contributed by atoms with E-state index in [9.17, 15) is 5.11 Å². The van der Waals surface area contributed by atoms with Gasteiger partial charge in [-0.05, 0) is 42.6 Å². The van der Waals surface area contributed by atoms with Crippen LogP contribution in [0.15, 0.2) is 18.2 Å². The summed E-state index contributed by atoms with van der Waals surface area (Å²) in [5.74, 6) is 0.985. The van der Waals surface area contributed by atoms with Gasteiger partial charge in [0, 0.05) is 11.3 Å². The molecule has 1 aromatic carbocycles. The highest BCUT2D eigenvalue weighted by atomic mass is 32.1. The molecule has 0 radical (unpaired) electrons. The lowest BCUT2D eigenvalue weighted by Gasteiger charge is -2.19. The zero-order valence-corrected chi connectivity index (χ0v) is 9.96. The highest BCUT2D eigenvalue weighted by Gasteiger charge is 2.20. The van der Waals surface area contributed by atoms with Gasteiger partial charge in [-0.3, -0.25) is 0 Å². The molecule has 0 saturated heterocycles. The zero-order valence-electron chi connectivity index (χ0n) is 9.15.